The number of rotatable bonds is 6. The Hall–Kier alpha value is -1.91. The first kappa shape index (κ1) is 13.2. The van der Waals surface area contributed by atoms with Crippen LogP contribution in [0.1, 0.15) is 19.4 Å². The van der Waals surface area contributed by atoms with Crippen molar-refractivity contribution < 1.29 is 9.90 Å². The van der Waals surface area contributed by atoms with E-state index in [1.807, 2.05) is 18.9 Å². The number of carboxylic acids is 1. The lowest BCUT2D eigenvalue weighted by Crippen LogP contribution is -2.14. The molecule has 0 saturated heterocycles. The average Bonchev–Trinajstić information content (AvgIpc) is 2.32. The van der Waals surface area contributed by atoms with Crippen molar-refractivity contribution in [2.45, 2.75) is 20.3 Å². The minimum atomic E-state index is -0.831. The fraction of sp³-hybridized carbons (Fsp3) is 0.417. The standard InChI is InChI=1S/C12H17N3O2/c1-3-15(4-2)14-13-11-7-5-10(6-8-11)9-12(16)17/h5-8H,3-4,9H2,1-2H3,(H,16,17)/b14-13+. The maximum absolute atomic E-state index is 10.5. The van der Waals surface area contributed by atoms with Crippen molar-refractivity contribution in [2.75, 3.05) is 13.1 Å². The maximum Gasteiger partial charge on any atom is 0.307 e. The molecule has 0 bridgehead atoms. The number of benzene rings is 1. The van der Waals surface area contributed by atoms with Gasteiger partial charge >= 0.3 is 5.97 Å². The molecule has 0 spiro atoms. The number of nitrogens with zero attached hydrogens (tertiary/aromatic N) is 3. The van der Waals surface area contributed by atoms with Crippen molar-refractivity contribution in [2.24, 2.45) is 10.3 Å². The van der Waals surface area contributed by atoms with E-state index in [9.17, 15) is 4.79 Å². The summed E-state index contributed by atoms with van der Waals surface area (Å²) >= 11 is 0. The molecule has 1 aromatic rings. The lowest BCUT2D eigenvalue weighted by atomic mass is 10.1. The first-order valence-corrected chi connectivity index (χ1v) is 5.63. The lowest BCUT2D eigenvalue weighted by Gasteiger charge is -2.10. The fourth-order valence-electron chi connectivity index (χ4n) is 1.32. The number of carbonyl (C=O) groups is 1. The van der Waals surface area contributed by atoms with Gasteiger partial charge in [-0.3, -0.25) is 9.80 Å². The van der Waals surface area contributed by atoms with E-state index in [2.05, 4.69) is 10.3 Å². The molecule has 0 radical (unpaired) electrons. The van der Waals surface area contributed by atoms with Gasteiger partial charge in [0.25, 0.3) is 0 Å². The maximum atomic E-state index is 10.5. The van der Waals surface area contributed by atoms with Crippen LogP contribution in [0.3, 0.4) is 0 Å². The van der Waals surface area contributed by atoms with E-state index in [1.54, 1.807) is 24.3 Å². The summed E-state index contributed by atoms with van der Waals surface area (Å²) < 4.78 is 0. The van der Waals surface area contributed by atoms with E-state index >= 15 is 0 Å². The number of carboxylic acid groups (broad SMARTS) is 1. The molecule has 0 heterocycles. The smallest absolute Gasteiger partial charge is 0.307 e. The molecule has 5 nitrogen and oxygen atoms in total. The molecule has 0 saturated carbocycles. The van der Waals surface area contributed by atoms with E-state index in [0.29, 0.717) is 0 Å². The zero-order valence-electron chi connectivity index (χ0n) is 10.1. The predicted molar refractivity (Wildman–Crippen MR) is 65.2 cm³/mol. The summed E-state index contributed by atoms with van der Waals surface area (Å²) in [7, 11) is 0. The molecule has 0 amide bonds. The van der Waals surface area contributed by atoms with Crippen LogP contribution in [-0.4, -0.2) is 29.2 Å². The van der Waals surface area contributed by atoms with Crippen LogP contribution in [0.25, 0.3) is 0 Å². The number of aliphatic carboxylic acids is 1. The molecule has 0 atom stereocenters. The van der Waals surface area contributed by atoms with Crippen molar-refractivity contribution in [3.05, 3.63) is 29.8 Å². The third kappa shape index (κ3) is 4.63. The quantitative estimate of drug-likeness (QED) is 0.609. The molecule has 92 valence electrons. The second-order valence-electron chi connectivity index (χ2n) is 3.57. The third-order valence-electron chi connectivity index (χ3n) is 2.31. The van der Waals surface area contributed by atoms with Crippen molar-refractivity contribution in [1.82, 2.24) is 5.01 Å². The van der Waals surface area contributed by atoms with E-state index in [-0.39, 0.29) is 6.42 Å². The zero-order chi connectivity index (χ0) is 12.7. The topological polar surface area (TPSA) is 65.3 Å². The van der Waals surface area contributed by atoms with Gasteiger partial charge in [0.2, 0.25) is 0 Å². The second kappa shape index (κ2) is 6.62. The summed E-state index contributed by atoms with van der Waals surface area (Å²) in [5.41, 5.74) is 1.49. The summed E-state index contributed by atoms with van der Waals surface area (Å²) in [4.78, 5) is 10.5. The molecule has 1 N–H and O–H groups in total. The van der Waals surface area contributed by atoms with Crippen LogP contribution in [0, 0.1) is 0 Å². The summed E-state index contributed by atoms with van der Waals surface area (Å²) in [5, 5.41) is 18.6. The van der Waals surface area contributed by atoms with Crippen molar-refractivity contribution >= 4 is 11.7 Å². The van der Waals surface area contributed by atoms with Crippen molar-refractivity contribution in [1.29, 1.82) is 0 Å². The first-order chi connectivity index (χ1) is 8.15. The Morgan fingerprint density at radius 2 is 1.82 bits per heavy atom. The van der Waals surface area contributed by atoms with Gasteiger partial charge in [-0.15, -0.1) is 5.11 Å². The van der Waals surface area contributed by atoms with E-state index in [1.165, 1.54) is 0 Å². The van der Waals surface area contributed by atoms with E-state index in [0.717, 1.165) is 24.3 Å². The van der Waals surface area contributed by atoms with Gasteiger partial charge in [0.05, 0.1) is 12.1 Å². The Labute approximate surface area is 101 Å². The van der Waals surface area contributed by atoms with Crippen LogP contribution in [0.5, 0.6) is 0 Å². The first-order valence-electron chi connectivity index (χ1n) is 5.63. The van der Waals surface area contributed by atoms with Gasteiger partial charge in [-0.05, 0) is 31.5 Å². The Kier molecular flexibility index (Phi) is 5.13. The molecule has 1 rings (SSSR count). The molecular weight excluding hydrogens is 218 g/mol. The van der Waals surface area contributed by atoms with Crippen molar-refractivity contribution in [3.63, 3.8) is 0 Å². The minimum absolute atomic E-state index is 0.0352. The van der Waals surface area contributed by atoms with Crippen LogP contribution in [-0.2, 0) is 11.2 Å². The Morgan fingerprint density at radius 3 is 2.29 bits per heavy atom. The van der Waals surface area contributed by atoms with Crippen molar-refractivity contribution in [3.8, 4) is 0 Å². The largest absolute Gasteiger partial charge is 0.481 e. The molecular formula is C12H17N3O2. The highest BCUT2D eigenvalue weighted by molar-refractivity contribution is 5.70. The summed E-state index contributed by atoms with van der Waals surface area (Å²) in [6.07, 6.45) is 0.0352. The summed E-state index contributed by atoms with van der Waals surface area (Å²) in [6.45, 7) is 5.66. The van der Waals surface area contributed by atoms with E-state index in [4.69, 9.17) is 5.11 Å². The van der Waals surface area contributed by atoms with Gasteiger partial charge in [-0.25, -0.2) is 0 Å². The Morgan fingerprint density at radius 1 is 1.24 bits per heavy atom. The number of hydrogen-bond donors (Lipinski definition) is 1. The van der Waals surface area contributed by atoms with Gasteiger partial charge in [-0.2, -0.15) is 0 Å². The van der Waals surface area contributed by atoms with Gasteiger partial charge in [-0.1, -0.05) is 17.4 Å². The van der Waals surface area contributed by atoms with Crippen LogP contribution < -0.4 is 0 Å². The Balaban J connectivity index is 2.64. The SMILES string of the molecule is CCN(CC)/N=N/c1ccc(CC(=O)O)cc1. The highest BCUT2D eigenvalue weighted by Gasteiger charge is 2.00. The van der Waals surface area contributed by atoms with Crippen LogP contribution in [0.15, 0.2) is 34.6 Å². The molecule has 0 unspecified atom stereocenters. The highest BCUT2D eigenvalue weighted by atomic mass is 16.4. The van der Waals surface area contributed by atoms with Crippen LogP contribution >= 0.6 is 0 Å². The van der Waals surface area contributed by atoms with Gasteiger partial charge in [0.15, 0.2) is 0 Å². The predicted octanol–water partition coefficient (Wildman–Crippen LogP) is 2.65. The molecule has 5 heteroatoms. The van der Waals surface area contributed by atoms with Gasteiger partial charge < -0.3 is 5.11 Å². The lowest BCUT2D eigenvalue weighted by molar-refractivity contribution is -0.136. The molecule has 0 aromatic heterocycles. The normalized spacial score (nSPS) is 10.7. The second-order valence-corrected chi connectivity index (χ2v) is 3.57. The molecule has 1 aromatic carbocycles. The monoisotopic (exact) mass is 235 g/mol. The van der Waals surface area contributed by atoms with Crippen LogP contribution in [0.4, 0.5) is 5.69 Å². The van der Waals surface area contributed by atoms with E-state index < -0.39 is 5.97 Å². The molecule has 0 aliphatic carbocycles. The van der Waals surface area contributed by atoms with Gasteiger partial charge in [0.1, 0.15) is 0 Å². The summed E-state index contributed by atoms with van der Waals surface area (Å²) in [5.74, 6) is -0.831. The molecule has 0 aliphatic rings. The summed E-state index contributed by atoms with van der Waals surface area (Å²) in [6, 6.07) is 7.05. The molecule has 17 heavy (non-hydrogen) atoms. The molecule has 0 aliphatic heterocycles. The average molecular weight is 235 g/mol. The van der Waals surface area contributed by atoms with Gasteiger partial charge in [0, 0.05) is 13.1 Å². The minimum Gasteiger partial charge on any atom is -0.481 e. The Bertz CT molecular complexity index is 383. The van der Waals surface area contributed by atoms with Crippen LogP contribution in [0.2, 0.25) is 0 Å². The fourth-order valence-corrected chi connectivity index (χ4v) is 1.32. The highest BCUT2D eigenvalue weighted by Crippen LogP contribution is 2.14. The number of hydrogen-bond acceptors (Lipinski definition) is 3. The molecule has 0 fully saturated rings. The zero-order valence-corrected chi connectivity index (χ0v) is 10.1. The third-order valence-corrected chi connectivity index (χ3v) is 2.31.